The second-order valence-corrected chi connectivity index (χ2v) is 3.57. The van der Waals surface area contributed by atoms with E-state index >= 15 is 0 Å². The summed E-state index contributed by atoms with van der Waals surface area (Å²) in [6.07, 6.45) is 0. The van der Waals surface area contributed by atoms with E-state index in [9.17, 15) is 9.90 Å². The fourth-order valence-electron chi connectivity index (χ4n) is 1.38. The first-order valence-corrected chi connectivity index (χ1v) is 5.54. The first-order valence-electron chi connectivity index (χ1n) is 5.54. The number of carbonyl (C=O) groups is 1. The lowest BCUT2D eigenvalue weighted by Crippen LogP contribution is -2.36. The molecule has 0 heterocycles. The average molecular weight is 254 g/mol. The number of amides is 2. The number of methoxy groups -OCH3 is 2. The molecule has 2 amide bonds. The number of urea groups is 1. The lowest BCUT2D eigenvalue weighted by Gasteiger charge is -2.10. The Bertz CT molecular complexity index is 396. The van der Waals surface area contributed by atoms with Gasteiger partial charge in [0.1, 0.15) is 0 Å². The number of benzene rings is 1. The van der Waals surface area contributed by atoms with Gasteiger partial charge in [-0.1, -0.05) is 12.1 Å². The number of para-hydroxylation sites is 1. The molecule has 1 aromatic carbocycles. The number of ether oxygens (including phenoxy) is 2. The minimum absolute atomic E-state index is 0.0391. The minimum Gasteiger partial charge on any atom is -0.504 e. The highest BCUT2D eigenvalue weighted by Crippen LogP contribution is 2.28. The highest BCUT2D eigenvalue weighted by molar-refractivity contribution is 5.73. The van der Waals surface area contributed by atoms with E-state index in [-0.39, 0.29) is 18.3 Å². The summed E-state index contributed by atoms with van der Waals surface area (Å²) in [6.45, 7) is 1.12. The number of phenolic OH excluding ortho intramolecular Hbond substituents is 1. The first-order chi connectivity index (χ1) is 8.69. The van der Waals surface area contributed by atoms with Crippen LogP contribution in [-0.4, -0.2) is 38.5 Å². The Labute approximate surface area is 106 Å². The molecule has 0 bridgehead atoms. The zero-order valence-corrected chi connectivity index (χ0v) is 10.5. The van der Waals surface area contributed by atoms with Gasteiger partial charge in [0.05, 0.1) is 13.7 Å². The lowest BCUT2D eigenvalue weighted by molar-refractivity contribution is 0.196. The van der Waals surface area contributed by atoms with Gasteiger partial charge in [-0.05, 0) is 6.07 Å². The number of hydrogen-bond donors (Lipinski definition) is 3. The molecule has 6 nitrogen and oxygen atoms in total. The fourth-order valence-corrected chi connectivity index (χ4v) is 1.38. The van der Waals surface area contributed by atoms with E-state index in [2.05, 4.69) is 10.6 Å². The van der Waals surface area contributed by atoms with E-state index in [0.717, 1.165) is 0 Å². The van der Waals surface area contributed by atoms with Crippen molar-refractivity contribution in [1.82, 2.24) is 10.6 Å². The number of aromatic hydroxyl groups is 1. The fraction of sp³-hybridized carbons (Fsp3) is 0.417. The summed E-state index contributed by atoms with van der Waals surface area (Å²) < 4.78 is 9.78. The van der Waals surface area contributed by atoms with Gasteiger partial charge in [0, 0.05) is 25.8 Å². The molecular weight excluding hydrogens is 236 g/mol. The maximum Gasteiger partial charge on any atom is 0.315 e. The summed E-state index contributed by atoms with van der Waals surface area (Å²) in [7, 11) is 3.04. The molecule has 0 aliphatic rings. The Morgan fingerprint density at radius 2 is 2.11 bits per heavy atom. The summed E-state index contributed by atoms with van der Waals surface area (Å²) in [5.74, 6) is 0.422. The molecule has 0 aromatic heterocycles. The van der Waals surface area contributed by atoms with E-state index in [4.69, 9.17) is 9.47 Å². The summed E-state index contributed by atoms with van der Waals surface area (Å²) in [4.78, 5) is 11.4. The zero-order valence-electron chi connectivity index (χ0n) is 10.5. The quantitative estimate of drug-likeness (QED) is 0.657. The van der Waals surface area contributed by atoms with Crippen molar-refractivity contribution in [2.45, 2.75) is 6.54 Å². The van der Waals surface area contributed by atoms with Crippen LogP contribution in [0.15, 0.2) is 18.2 Å². The van der Waals surface area contributed by atoms with Crippen LogP contribution >= 0.6 is 0 Å². The van der Waals surface area contributed by atoms with Gasteiger partial charge in [0.25, 0.3) is 0 Å². The third kappa shape index (κ3) is 4.14. The molecule has 0 fully saturated rings. The molecule has 100 valence electrons. The number of rotatable bonds is 6. The van der Waals surface area contributed by atoms with Crippen molar-refractivity contribution < 1.29 is 19.4 Å². The predicted octanol–water partition coefficient (Wildman–Crippen LogP) is 0.846. The lowest BCUT2D eigenvalue weighted by atomic mass is 10.2. The predicted molar refractivity (Wildman–Crippen MR) is 66.8 cm³/mol. The van der Waals surface area contributed by atoms with E-state index < -0.39 is 0 Å². The van der Waals surface area contributed by atoms with E-state index in [0.29, 0.717) is 24.5 Å². The van der Waals surface area contributed by atoms with Crippen molar-refractivity contribution >= 4 is 6.03 Å². The molecule has 6 heteroatoms. The van der Waals surface area contributed by atoms with Crippen LogP contribution in [0.3, 0.4) is 0 Å². The maximum absolute atomic E-state index is 11.4. The molecule has 18 heavy (non-hydrogen) atoms. The van der Waals surface area contributed by atoms with Gasteiger partial charge in [0.2, 0.25) is 0 Å². The first kappa shape index (κ1) is 14.1. The number of nitrogens with one attached hydrogen (secondary N) is 2. The molecule has 0 unspecified atom stereocenters. The monoisotopic (exact) mass is 254 g/mol. The van der Waals surface area contributed by atoms with Crippen molar-refractivity contribution in [3.8, 4) is 11.5 Å². The molecule has 0 spiro atoms. The maximum atomic E-state index is 11.4. The molecule has 3 N–H and O–H groups in total. The Balaban J connectivity index is 2.46. The standard InChI is InChI=1S/C12H18N2O4/c1-17-7-6-13-12(16)14-8-9-4-3-5-10(18-2)11(9)15/h3-5,15H,6-8H2,1-2H3,(H2,13,14,16). The molecule has 0 aliphatic carbocycles. The second kappa shape index (κ2) is 7.39. The molecule has 1 rings (SSSR count). The van der Waals surface area contributed by atoms with Gasteiger partial charge in [-0.2, -0.15) is 0 Å². The Kier molecular flexibility index (Phi) is 5.79. The van der Waals surface area contributed by atoms with Gasteiger partial charge < -0.3 is 25.2 Å². The summed E-state index contributed by atoms with van der Waals surface area (Å²) >= 11 is 0. The van der Waals surface area contributed by atoms with Gasteiger partial charge in [-0.15, -0.1) is 0 Å². The third-order valence-corrected chi connectivity index (χ3v) is 2.33. The SMILES string of the molecule is COCCNC(=O)NCc1cccc(OC)c1O. The molecule has 0 atom stereocenters. The minimum atomic E-state index is -0.311. The highest BCUT2D eigenvalue weighted by Gasteiger charge is 2.08. The van der Waals surface area contributed by atoms with E-state index in [1.807, 2.05) is 0 Å². The van der Waals surface area contributed by atoms with Crippen LogP contribution in [0.25, 0.3) is 0 Å². The van der Waals surface area contributed by atoms with Crippen LogP contribution < -0.4 is 15.4 Å². The van der Waals surface area contributed by atoms with Crippen molar-refractivity contribution in [1.29, 1.82) is 0 Å². The molecule has 1 aromatic rings. The largest absolute Gasteiger partial charge is 0.504 e. The Hall–Kier alpha value is -1.95. The molecule has 0 aliphatic heterocycles. The van der Waals surface area contributed by atoms with Crippen molar-refractivity contribution in [3.05, 3.63) is 23.8 Å². The number of phenols is 1. The summed E-state index contributed by atoms with van der Waals surface area (Å²) in [6, 6.07) is 4.80. The van der Waals surface area contributed by atoms with Gasteiger partial charge in [-0.3, -0.25) is 0 Å². The van der Waals surface area contributed by atoms with Crippen LogP contribution in [0.1, 0.15) is 5.56 Å². The van der Waals surface area contributed by atoms with E-state index in [1.165, 1.54) is 7.11 Å². The summed E-state index contributed by atoms with van der Waals surface area (Å²) in [5, 5.41) is 15.0. The van der Waals surface area contributed by atoms with Crippen LogP contribution in [0, 0.1) is 0 Å². The number of hydrogen-bond acceptors (Lipinski definition) is 4. The normalized spacial score (nSPS) is 9.89. The number of carbonyl (C=O) groups excluding carboxylic acids is 1. The van der Waals surface area contributed by atoms with Crippen LogP contribution in [0.2, 0.25) is 0 Å². The van der Waals surface area contributed by atoms with Crippen LogP contribution in [0.4, 0.5) is 4.79 Å². The molecule has 0 saturated heterocycles. The molecular formula is C12H18N2O4. The highest BCUT2D eigenvalue weighted by atomic mass is 16.5. The second-order valence-electron chi connectivity index (χ2n) is 3.57. The van der Waals surface area contributed by atoms with Gasteiger partial charge in [0.15, 0.2) is 11.5 Å². The Morgan fingerprint density at radius 1 is 1.33 bits per heavy atom. The van der Waals surface area contributed by atoms with Crippen molar-refractivity contribution in [2.24, 2.45) is 0 Å². The van der Waals surface area contributed by atoms with Crippen molar-refractivity contribution in [3.63, 3.8) is 0 Å². The van der Waals surface area contributed by atoms with Crippen LogP contribution in [-0.2, 0) is 11.3 Å². The van der Waals surface area contributed by atoms with E-state index in [1.54, 1.807) is 25.3 Å². The molecule has 0 saturated carbocycles. The Morgan fingerprint density at radius 3 is 2.78 bits per heavy atom. The topological polar surface area (TPSA) is 79.8 Å². The smallest absolute Gasteiger partial charge is 0.315 e. The summed E-state index contributed by atoms with van der Waals surface area (Å²) in [5.41, 5.74) is 0.594. The average Bonchev–Trinajstić information content (AvgIpc) is 2.38. The van der Waals surface area contributed by atoms with Gasteiger partial charge >= 0.3 is 6.03 Å². The third-order valence-electron chi connectivity index (χ3n) is 2.33. The molecule has 0 radical (unpaired) electrons. The van der Waals surface area contributed by atoms with Crippen LogP contribution in [0.5, 0.6) is 11.5 Å². The van der Waals surface area contributed by atoms with Crippen molar-refractivity contribution in [2.75, 3.05) is 27.4 Å². The van der Waals surface area contributed by atoms with Gasteiger partial charge in [-0.25, -0.2) is 4.79 Å². The zero-order chi connectivity index (χ0) is 13.4.